The number of anilines is 2. The summed E-state index contributed by atoms with van der Waals surface area (Å²) in [6.07, 6.45) is 0. The molecule has 0 bridgehead atoms. The molecular weight excluding hydrogens is 302 g/mol. The first-order valence-corrected chi connectivity index (χ1v) is 7.96. The number of hydrogen-bond acceptors (Lipinski definition) is 3. The van der Waals surface area contributed by atoms with Crippen LogP contribution in [0.3, 0.4) is 0 Å². The van der Waals surface area contributed by atoms with Crippen molar-refractivity contribution in [1.82, 2.24) is 5.32 Å². The van der Waals surface area contributed by atoms with Crippen molar-refractivity contribution in [2.24, 2.45) is 0 Å². The lowest BCUT2D eigenvalue weighted by Crippen LogP contribution is -2.31. The number of carbonyl (C=O) groups excluding carboxylic acids is 2. The van der Waals surface area contributed by atoms with Crippen LogP contribution in [0.5, 0.6) is 0 Å². The van der Waals surface area contributed by atoms with Crippen molar-refractivity contribution in [3.05, 3.63) is 59.7 Å². The fourth-order valence-electron chi connectivity index (χ4n) is 2.28. The number of rotatable bonds is 6. The summed E-state index contributed by atoms with van der Waals surface area (Å²) >= 11 is 0. The standard InChI is InChI=1S/C19H23N3O2/c1-13(2)21-19(24)16-9-4-5-10-17(16)20-12-18(23)22-15-8-6-7-14(3)11-15/h4-11,13,20H,12H2,1-3H3,(H,21,24)(H,22,23). The highest BCUT2D eigenvalue weighted by molar-refractivity contribution is 6.01. The highest BCUT2D eigenvalue weighted by Gasteiger charge is 2.12. The number of aryl methyl sites for hydroxylation is 1. The molecule has 0 atom stereocenters. The molecule has 0 saturated heterocycles. The fraction of sp³-hybridized carbons (Fsp3) is 0.263. The zero-order valence-corrected chi connectivity index (χ0v) is 14.2. The number of amides is 2. The van der Waals surface area contributed by atoms with Crippen molar-refractivity contribution in [1.29, 1.82) is 0 Å². The van der Waals surface area contributed by atoms with Crippen molar-refractivity contribution in [3.8, 4) is 0 Å². The lowest BCUT2D eigenvalue weighted by atomic mass is 10.1. The van der Waals surface area contributed by atoms with E-state index < -0.39 is 0 Å². The van der Waals surface area contributed by atoms with Gasteiger partial charge < -0.3 is 16.0 Å². The molecule has 0 fully saturated rings. The molecule has 24 heavy (non-hydrogen) atoms. The summed E-state index contributed by atoms with van der Waals surface area (Å²) in [5.41, 5.74) is 2.99. The van der Waals surface area contributed by atoms with Gasteiger partial charge in [0.1, 0.15) is 0 Å². The first kappa shape index (κ1) is 17.5. The topological polar surface area (TPSA) is 70.2 Å². The van der Waals surface area contributed by atoms with Crippen LogP contribution in [0, 0.1) is 6.92 Å². The van der Waals surface area contributed by atoms with Crippen LogP contribution in [-0.4, -0.2) is 24.4 Å². The summed E-state index contributed by atoms with van der Waals surface area (Å²) < 4.78 is 0. The van der Waals surface area contributed by atoms with E-state index in [2.05, 4.69) is 16.0 Å². The van der Waals surface area contributed by atoms with Crippen LogP contribution in [0.1, 0.15) is 29.8 Å². The number of carbonyl (C=O) groups is 2. The Balaban J connectivity index is 1.99. The van der Waals surface area contributed by atoms with Gasteiger partial charge >= 0.3 is 0 Å². The number of benzene rings is 2. The number of para-hydroxylation sites is 1. The van der Waals surface area contributed by atoms with Crippen LogP contribution in [-0.2, 0) is 4.79 Å². The fourth-order valence-corrected chi connectivity index (χ4v) is 2.28. The van der Waals surface area contributed by atoms with Crippen molar-refractivity contribution in [2.75, 3.05) is 17.2 Å². The van der Waals surface area contributed by atoms with Gasteiger partial charge in [0.25, 0.3) is 5.91 Å². The second-order valence-corrected chi connectivity index (χ2v) is 5.94. The number of nitrogens with one attached hydrogen (secondary N) is 3. The van der Waals surface area contributed by atoms with E-state index in [-0.39, 0.29) is 24.4 Å². The second-order valence-electron chi connectivity index (χ2n) is 5.94. The average molecular weight is 325 g/mol. The normalized spacial score (nSPS) is 10.3. The molecule has 2 rings (SSSR count). The third kappa shape index (κ3) is 5.12. The molecule has 0 radical (unpaired) electrons. The monoisotopic (exact) mass is 325 g/mol. The van der Waals surface area contributed by atoms with E-state index in [1.54, 1.807) is 18.2 Å². The maximum Gasteiger partial charge on any atom is 0.253 e. The first-order valence-electron chi connectivity index (χ1n) is 7.96. The van der Waals surface area contributed by atoms with Gasteiger partial charge in [-0.2, -0.15) is 0 Å². The molecule has 2 amide bonds. The average Bonchev–Trinajstić information content (AvgIpc) is 2.52. The first-order chi connectivity index (χ1) is 11.5. The molecule has 5 heteroatoms. The Kier molecular flexibility index (Phi) is 5.95. The molecule has 0 saturated carbocycles. The van der Waals surface area contributed by atoms with Crippen molar-refractivity contribution in [3.63, 3.8) is 0 Å². The maximum absolute atomic E-state index is 12.2. The molecule has 126 valence electrons. The minimum Gasteiger partial charge on any atom is -0.376 e. The van der Waals surface area contributed by atoms with Gasteiger partial charge in [-0.3, -0.25) is 9.59 Å². The molecule has 5 nitrogen and oxygen atoms in total. The predicted molar refractivity (Wildman–Crippen MR) is 97.3 cm³/mol. The lowest BCUT2D eigenvalue weighted by Gasteiger charge is -2.14. The van der Waals surface area contributed by atoms with Crippen LogP contribution in [0.2, 0.25) is 0 Å². The summed E-state index contributed by atoms with van der Waals surface area (Å²) in [4.78, 5) is 24.3. The van der Waals surface area contributed by atoms with Crippen LogP contribution < -0.4 is 16.0 Å². The van der Waals surface area contributed by atoms with E-state index in [4.69, 9.17) is 0 Å². The maximum atomic E-state index is 12.2. The number of hydrogen-bond donors (Lipinski definition) is 3. The summed E-state index contributed by atoms with van der Waals surface area (Å²) in [5, 5.41) is 8.71. The summed E-state index contributed by atoms with van der Waals surface area (Å²) in [6.45, 7) is 5.86. The minimum atomic E-state index is -0.167. The van der Waals surface area contributed by atoms with Gasteiger partial charge in [0.15, 0.2) is 0 Å². The van der Waals surface area contributed by atoms with Crippen LogP contribution >= 0.6 is 0 Å². The van der Waals surface area contributed by atoms with Crippen molar-refractivity contribution in [2.45, 2.75) is 26.8 Å². The zero-order chi connectivity index (χ0) is 17.5. The van der Waals surface area contributed by atoms with E-state index in [0.717, 1.165) is 11.3 Å². The molecule has 0 aliphatic rings. The Morgan fingerprint density at radius 1 is 1.04 bits per heavy atom. The quantitative estimate of drug-likeness (QED) is 0.764. The highest BCUT2D eigenvalue weighted by Crippen LogP contribution is 2.15. The molecule has 3 N–H and O–H groups in total. The Bertz CT molecular complexity index is 726. The van der Waals surface area contributed by atoms with Gasteiger partial charge in [-0.1, -0.05) is 24.3 Å². The Hall–Kier alpha value is -2.82. The van der Waals surface area contributed by atoms with E-state index in [1.807, 2.05) is 51.1 Å². The van der Waals surface area contributed by atoms with Gasteiger partial charge in [-0.05, 0) is 50.6 Å². The van der Waals surface area contributed by atoms with Crippen LogP contribution in [0.4, 0.5) is 11.4 Å². The third-order valence-corrected chi connectivity index (χ3v) is 3.33. The second kappa shape index (κ2) is 8.15. The molecule has 0 heterocycles. The molecular formula is C19H23N3O2. The Morgan fingerprint density at radius 3 is 2.50 bits per heavy atom. The minimum absolute atomic E-state index is 0.0511. The summed E-state index contributed by atoms with van der Waals surface area (Å²) in [7, 11) is 0. The smallest absolute Gasteiger partial charge is 0.253 e. The van der Waals surface area contributed by atoms with Gasteiger partial charge in [0, 0.05) is 17.4 Å². The molecule has 0 aromatic heterocycles. The van der Waals surface area contributed by atoms with Gasteiger partial charge in [-0.25, -0.2) is 0 Å². The van der Waals surface area contributed by atoms with E-state index in [1.165, 1.54) is 0 Å². The van der Waals surface area contributed by atoms with Crippen LogP contribution in [0.25, 0.3) is 0 Å². The Labute approximate surface area is 142 Å². The highest BCUT2D eigenvalue weighted by atomic mass is 16.2. The summed E-state index contributed by atoms with van der Waals surface area (Å²) in [6, 6.07) is 14.8. The SMILES string of the molecule is Cc1cccc(NC(=O)CNc2ccccc2C(=O)NC(C)C)c1. The molecule has 0 unspecified atom stereocenters. The molecule has 0 spiro atoms. The lowest BCUT2D eigenvalue weighted by molar-refractivity contribution is -0.114. The third-order valence-electron chi connectivity index (χ3n) is 3.33. The van der Waals surface area contributed by atoms with Crippen molar-refractivity contribution >= 4 is 23.2 Å². The van der Waals surface area contributed by atoms with Crippen LogP contribution in [0.15, 0.2) is 48.5 Å². The molecule has 0 aliphatic heterocycles. The van der Waals surface area contributed by atoms with E-state index in [9.17, 15) is 9.59 Å². The zero-order valence-electron chi connectivity index (χ0n) is 14.2. The summed E-state index contributed by atoms with van der Waals surface area (Å²) in [5.74, 6) is -0.327. The molecule has 2 aromatic carbocycles. The van der Waals surface area contributed by atoms with E-state index in [0.29, 0.717) is 11.3 Å². The van der Waals surface area contributed by atoms with Gasteiger partial charge in [-0.15, -0.1) is 0 Å². The van der Waals surface area contributed by atoms with Gasteiger partial charge in [0.2, 0.25) is 5.91 Å². The molecule has 0 aliphatic carbocycles. The van der Waals surface area contributed by atoms with E-state index >= 15 is 0 Å². The largest absolute Gasteiger partial charge is 0.376 e. The van der Waals surface area contributed by atoms with Gasteiger partial charge in [0.05, 0.1) is 12.1 Å². The Morgan fingerprint density at radius 2 is 1.79 bits per heavy atom. The van der Waals surface area contributed by atoms with Crippen molar-refractivity contribution < 1.29 is 9.59 Å². The molecule has 2 aromatic rings. The predicted octanol–water partition coefficient (Wildman–Crippen LogP) is 3.18.